The zero-order chi connectivity index (χ0) is 11.4. The van der Waals surface area contributed by atoms with E-state index in [1.54, 1.807) is 0 Å². The van der Waals surface area contributed by atoms with Crippen LogP contribution >= 0.6 is 0 Å². The first-order valence-electron chi connectivity index (χ1n) is 7.07. The van der Waals surface area contributed by atoms with Crippen LogP contribution in [0.4, 0.5) is 0 Å². The third kappa shape index (κ3) is 3.46. The second-order valence-electron chi connectivity index (χ2n) is 6.23. The minimum absolute atomic E-state index is 0.637. The van der Waals surface area contributed by atoms with Crippen molar-refractivity contribution < 1.29 is 0 Å². The van der Waals surface area contributed by atoms with Crippen LogP contribution in [0, 0.1) is 11.3 Å². The maximum Gasteiger partial charge on any atom is 0.00472 e. The van der Waals surface area contributed by atoms with Crippen molar-refractivity contribution in [1.82, 2.24) is 10.2 Å². The Bertz CT molecular complexity index is 205. The van der Waals surface area contributed by atoms with E-state index in [1.165, 1.54) is 64.6 Å². The van der Waals surface area contributed by atoms with Crippen LogP contribution < -0.4 is 5.32 Å². The average molecular weight is 224 g/mol. The highest BCUT2D eigenvalue weighted by Gasteiger charge is 2.42. The van der Waals surface area contributed by atoms with Gasteiger partial charge in [-0.3, -0.25) is 0 Å². The number of rotatable bonds is 6. The quantitative estimate of drug-likeness (QED) is 0.746. The van der Waals surface area contributed by atoms with Crippen molar-refractivity contribution in [3.8, 4) is 0 Å². The Balaban J connectivity index is 1.69. The molecule has 0 spiro atoms. The molecule has 2 rings (SSSR count). The molecule has 2 fully saturated rings. The number of hydrogen-bond donors (Lipinski definition) is 1. The molecule has 0 heterocycles. The summed E-state index contributed by atoms with van der Waals surface area (Å²) >= 11 is 0. The van der Waals surface area contributed by atoms with Gasteiger partial charge in [-0.2, -0.15) is 0 Å². The molecule has 0 aliphatic heterocycles. The monoisotopic (exact) mass is 224 g/mol. The number of nitrogens with zero attached hydrogens (tertiary/aromatic N) is 1. The molecule has 0 unspecified atom stereocenters. The summed E-state index contributed by atoms with van der Waals surface area (Å²) in [6.07, 6.45) is 10.2. The Morgan fingerprint density at radius 2 is 1.88 bits per heavy atom. The molecule has 16 heavy (non-hydrogen) atoms. The molecule has 0 aromatic carbocycles. The van der Waals surface area contributed by atoms with Crippen LogP contribution in [0.2, 0.25) is 0 Å². The predicted molar refractivity (Wildman–Crippen MR) is 69.7 cm³/mol. The molecule has 94 valence electrons. The van der Waals surface area contributed by atoms with Crippen LogP contribution in [-0.2, 0) is 0 Å². The first kappa shape index (κ1) is 12.4. The lowest BCUT2D eigenvalue weighted by Crippen LogP contribution is -2.35. The number of nitrogens with one attached hydrogen (secondary N) is 1. The Labute approximate surface area is 101 Å². The molecule has 0 atom stereocenters. The van der Waals surface area contributed by atoms with E-state index < -0.39 is 0 Å². The largest absolute Gasteiger partial charge is 0.319 e. The summed E-state index contributed by atoms with van der Waals surface area (Å²) in [6.45, 7) is 3.86. The van der Waals surface area contributed by atoms with E-state index in [4.69, 9.17) is 0 Å². The lowest BCUT2D eigenvalue weighted by atomic mass is 9.89. The van der Waals surface area contributed by atoms with Crippen LogP contribution in [-0.4, -0.2) is 38.6 Å². The first-order valence-corrected chi connectivity index (χ1v) is 7.07. The molecule has 2 nitrogen and oxygen atoms in total. The Hall–Kier alpha value is -0.0800. The van der Waals surface area contributed by atoms with Crippen molar-refractivity contribution >= 4 is 0 Å². The summed E-state index contributed by atoms with van der Waals surface area (Å²) in [5.41, 5.74) is 0.637. The van der Waals surface area contributed by atoms with Crippen molar-refractivity contribution in [1.29, 1.82) is 0 Å². The van der Waals surface area contributed by atoms with Gasteiger partial charge in [-0.05, 0) is 51.1 Å². The van der Waals surface area contributed by atoms with E-state index in [-0.39, 0.29) is 0 Å². The molecular formula is C14H28N2. The SMILES string of the molecule is CNCC1(CN(C)CC2CCCCC2)CC1. The van der Waals surface area contributed by atoms with E-state index in [0.717, 1.165) is 5.92 Å². The van der Waals surface area contributed by atoms with Crippen molar-refractivity contribution in [2.75, 3.05) is 33.7 Å². The number of hydrogen-bond acceptors (Lipinski definition) is 2. The lowest BCUT2D eigenvalue weighted by molar-refractivity contribution is 0.199. The maximum atomic E-state index is 3.35. The van der Waals surface area contributed by atoms with Gasteiger partial charge in [-0.1, -0.05) is 19.3 Å². The van der Waals surface area contributed by atoms with Crippen LogP contribution in [0.1, 0.15) is 44.9 Å². The third-order valence-corrected chi connectivity index (χ3v) is 4.41. The Morgan fingerprint density at radius 3 is 2.44 bits per heavy atom. The topological polar surface area (TPSA) is 15.3 Å². The van der Waals surface area contributed by atoms with Gasteiger partial charge < -0.3 is 10.2 Å². The highest BCUT2D eigenvalue weighted by molar-refractivity contribution is 4.96. The van der Waals surface area contributed by atoms with Crippen LogP contribution in [0.3, 0.4) is 0 Å². The second-order valence-corrected chi connectivity index (χ2v) is 6.23. The van der Waals surface area contributed by atoms with Gasteiger partial charge in [0.1, 0.15) is 0 Å². The fourth-order valence-electron chi connectivity index (χ4n) is 3.39. The van der Waals surface area contributed by atoms with Gasteiger partial charge >= 0.3 is 0 Å². The van der Waals surface area contributed by atoms with Crippen molar-refractivity contribution in [3.63, 3.8) is 0 Å². The lowest BCUT2D eigenvalue weighted by Gasteiger charge is -2.29. The van der Waals surface area contributed by atoms with E-state index in [0.29, 0.717) is 5.41 Å². The summed E-state index contributed by atoms with van der Waals surface area (Å²) in [5.74, 6) is 0.990. The minimum atomic E-state index is 0.637. The van der Waals surface area contributed by atoms with Gasteiger partial charge in [0.15, 0.2) is 0 Å². The fourth-order valence-corrected chi connectivity index (χ4v) is 3.39. The van der Waals surface area contributed by atoms with E-state index in [1.807, 2.05) is 0 Å². The van der Waals surface area contributed by atoms with E-state index in [2.05, 4.69) is 24.3 Å². The molecule has 0 bridgehead atoms. The Morgan fingerprint density at radius 1 is 1.19 bits per heavy atom. The van der Waals surface area contributed by atoms with Crippen molar-refractivity contribution in [2.24, 2.45) is 11.3 Å². The molecule has 0 saturated heterocycles. The summed E-state index contributed by atoms with van der Waals surface area (Å²) < 4.78 is 0. The maximum absolute atomic E-state index is 3.35. The van der Waals surface area contributed by atoms with Crippen LogP contribution in [0.15, 0.2) is 0 Å². The zero-order valence-electron chi connectivity index (χ0n) is 11.1. The van der Waals surface area contributed by atoms with E-state index >= 15 is 0 Å². The molecule has 0 aromatic heterocycles. The molecule has 0 aromatic rings. The highest BCUT2D eigenvalue weighted by atomic mass is 15.1. The second kappa shape index (κ2) is 5.50. The Kier molecular flexibility index (Phi) is 4.26. The standard InChI is InChI=1S/C14H28N2/c1-15-11-14(8-9-14)12-16(2)10-13-6-4-3-5-7-13/h13,15H,3-12H2,1-2H3. The van der Waals surface area contributed by atoms with Crippen molar-refractivity contribution in [2.45, 2.75) is 44.9 Å². The van der Waals surface area contributed by atoms with Gasteiger partial charge in [0.25, 0.3) is 0 Å². The van der Waals surface area contributed by atoms with Crippen LogP contribution in [0.5, 0.6) is 0 Å². The third-order valence-electron chi connectivity index (χ3n) is 4.41. The van der Waals surface area contributed by atoms with Crippen molar-refractivity contribution in [3.05, 3.63) is 0 Å². The van der Waals surface area contributed by atoms with Gasteiger partial charge in [-0.25, -0.2) is 0 Å². The van der Waals surface area contributed by atoms with Gasteiger partial charge in [0, 0.05) is 19.6 Å². The molecule has 2 aliphatic rings. The molecule has 0 radical (unpaired) electrons. The normalized spacial score (nSPS) is 24.9. The van der Waals surface area contributed by atoms with Gasteiger partial charge in [0.05, 0.1) is 0 Å². The molecule has 2 heteroatoms. The fraction of sp³-hybridized carbons (Fsp3) is 1.00. The summed E-state index contributed by atoms with van der Waals surface area (Å²) in [6, 6.07) is 0. The van der Waals surface area contributed by atoms with Crippen LogP contribution in [0.25, 0.3) is 0 Å². The highest BCUT2D eigenvalue weighted by Crippen LogP contribution is 2.45. The first-order chi connectivity index (χ1) is 7.74. The van der Waals surface area contributed by atoms with Gasteiger partial charge in [-0.15, -0.1) is 0 Å². The average Bonchev–Trinajstić information content (AvgIpc) is 2.99. The molecule has 2 aliphatic carbocycles. The molecule has 0 amide bonds. The molecule has 2 saturated carbocycles. The van der Waals surface area contributed by atoms with E-state index in [9.17, 15) is 0 Å². The predicted octanol–water partition coefficient (Wildman–Crippen LogP) is 2.50. The minimum Gasteiger partial charge on any atom is -0.319 e. The zero-order valence-corrected chi connectivity index (χ0v) is 11.1. The summed E-state index contributed by atoms with van der Waals surface area (Å²) in [5, 5.41) is 3.35. The summed E-state index contributed by atoms with van der Waals surface area (Å²) in [4.78, 5) is 2.60. The van der Waals surface area contributed by atoms with Gasteiger partial charge in [0.2, 0.25) is 0 Å². The smallest absolute Gasteiger partial charge is 0.00472 e. The molecular weight excluding hydrogens is 196 g/mol. The molecule has 1 N–H and O–H groups in total. The summed E-state index contributed by atoms with van der Waals surface area (Å²) in [7, 11) is 4.41.